The Balaban J connectivity index is 1.71. The van der Waals surface area contributed by atoms with Crippen LogP contribution in [0.15, 0.2) is 54.6 Å². The topological polar surface area (TPSA) is 43.1 Å². The lowest BCUT2D eigenvalue weighted by Crippen LogP contribution is -1.90. The van der Waals surface area contributed by atoms with Gasteiger partial charge in [0, 0.05) is 10.6 Å². The number of halogens is 1. The highest BCUT2D eigenvalue weighted by atomic mass is 35.5. The number of nitrogens with zero attached hydrogens (tertiary/aromatic N) is 4. The van der Waals surface area contributed by atoms with E-state index >= 15 is 0 Å². The molecule has 0 unspecified atom stereocenters. The molecule has 2 aromatic heterocycles. The van der Waals surface area contributed by atoms with Crippen molar-refractivity contribution in [2.45, 2.75) is 0 Å². The summed E-state index contributed by atoms with van der Waals surface area (Å²) in [5, 5.41) is 14.5. The van der Waals surface area contributed by atoms with E-state index in [2.05, 4.69) is 15.3 Å². The van der Waals surface area contributed by atoms with E-state index in [-0.39, 0.29) is 0 Å². The van der Waals surface area contributed by atoms with Gasteiger partial charge in [-0.25, -0.2) is 0 Å². The predicted octanol–water partition coefficient (Wildman–Crippen LogP) is 4.68. The quantitative estimate of drug-likeness (QED) is 0.545. The molecule has 0 aliphatic heterocycles. The summed E-state index contributed by atoms with van der Waals surface area (Å²) >= 11 is 7.54. The Kier molecular flexibility index (Phi) is 3.65. The maximum Gasteiger partial charge on any atom is 0.235 e. The highest BCUT2D eigenvalue weighted by Gasteiger charge is 2.12. The first-order chi connectivity index (χ1) is 11.3. The zero-order chi connectivity index (χ0) is 15.6. The molecule has 0 spiro atoms. The number of hydrogen-bond acceptors (Lipinski definition) is 4. The summed E-state index contributed by atoms with van der Waals surface area (Å²) < 4.78 is 1.75. The fraction of sp³-hybridized carbons (Fsp3) is 0. The Labute approximate surface area is 141 Å². The Hall–Kier alpha value is -2.50. The van der Waals surface area contributed by atoms with Crippen LogP contribution in [0, 0.1) is 0 Å². The number of aromatic nitrogens is 4. The minimum absolute atomic E-state index is 0.665. The van der Waals surface area contributed by atoms with Crippen LogP contribution in [-0.4, -0.2) is 19.8 Å². The van der Waals surface area contributed by atoms with Gasteiger partial charge in [-0.05, 0) is 23.8 Å². The first-order valence-corrected chi connectivity index (χ1v) is 8.20. The van der Waals surface area contributed by atoms with Gasteiger partial charge in [0.25, 0.3) is 0 Å². The Morgan fingerprint density at radius 1 is 0.957 bits per heavy atom. The minimum atomic E-state index is 0.665. The average molecular weight is 339 g/mol. The van der Waals surface area contributed by atoms with Gasteiger partial charge in [0.05, 0.1) is 0 Å². The first-order valence-electron chi connectivity index (χ1n) is 7.01. The van der Waals surface area contributed by atoms with Gasteiger partial charge >= 0.3 is 0 Å². The Bertz CT molecular complexity index is 988. The third-order valence-corrected chi connectivity index (χ3v) is 4.41. The van der Waals surface area contributed by atoms with Crippen LogP contribution in [0.2, 0.25) is 5.02 Å². The van der Waals surface area contributed by atoms with Crippen LogP contribution in [-0.2, 0) is 0 Å². The Morgan fingerprint density at radius 2 is 1.83 bits per heavy atom. The second-order valence-corrected chi connectivity index (χ2v) is 6.34. The summed E-state index contributed by atoms with van der Waals surface area (Å²) in [6.45, 7) is 0. The average Bonchev–Trinajstić information content (AvgIpc) is 3.14. The van der Waals surface area contributed by atoms with Gasteiger partial charge in [0.2, 0.25) is 4.96 Å². The van der Waals surface area contributed by atoms with Crippen LogP contribution >= 0.6 is 22.9 Å². The molecular formula is C17H11ClN4S. The normalized spacial score (nSPS) is 11.5. The third-order valence-electron chi connectivity index (χ3n) is 3.31. The molecule has 0 saturated carbocycles. The molecular weight excluding hydrogens is 328 g/mol. The lowest BCUT2D eigenvalue weighted by Gasteiger charge is -1.97. The molecule has 2 aromatic carbocycles. The zero-order valence-electron chi connectivity index (χ0n) is 11.9. The summed E-state index contributed by atoms with van der Waals surface area (Å²) in [5.41, 5.74) is 2.03. The van der Waals surface area contributed by atoms with Crippen molar-refractivity contribution in [1.29, 1.82) is 0 Å². The summed E-state index contributed by atoms with van der Waals surface area (Å²) in [6, 6.07) is 17.6. The van der Waals surface area contributed by atoms with Gasteiger partial charge in [-0.2, -0.15) is 9.61 Å². The van der Waals surface area contributed by atoms with Gasteiger partial charge in [0.1, 0.15) is 5.01 Å². The van der Waals surface area contributed by atoms with E-state index in [0.29, 0.717) is 10.8 Å². The van der Waals surface area contributed by atoms with Crippen molar-refractivity contribution in [2.75, 3.05) is 0 Å². The molecule has 6 heteroatoms. The molecule has 0 atom stereocenters. The number of benzene rings is 2. The molecule has 0 saturated heterocycles. The largest absolute Gasteiger partial charge is 0.235 e. The molecule has 2 heterocycles. The lowest BCUT2D eigenvalue weighted by molar-refractivity contribution is 0.960. The van der Waals surface area contributed by atoms with E-state index in [1.807, 2.05) is 66.7 Å². The fourth-order valence-corrected chi connectivity index (χ4v) is 3.17. The fourth-order valence-electron chi connectivity index (χ4n) is 2.24. The van der Waals surface area contributed by atoms with Crippen molar-refractivity contribution in [2.24, 2.45) is 0 Å². The molecule has 0 aliphatic carbocycles. The van der Waals surface area contributed by atoms with Crippen LogP contribution in [0.5, 0.6) is 0 Å². The van der Waals surface area contributed by atoms with E-state index in [1.165, 1.54) is 11.3 Å². The first kappa shape index (κ1) is 14.1. The SMILES string of the molecule is Clc1cccc(-c2nnc3sc(C=Cc4ccccc4)nn23)c1. The van der Waals surface area contributed by atoms with Gasteiger partial charge in [-0.3, -0.25) is 0 Å². The van der Waals surface area contributed by atoms with Crippen molar-refractivity contribution >= 4 is 40.1 Å². The highest BCUT2D eigenvalue weighted by molar-refractivity contribution is 7.17. The van der Waals surface area contributed by atoms with E-state index < -0.39 is 0 Å². The van der Waals surface area contributed by atoms with Crippen molar-refractivity contribution < 1.29 is 0 Å². The van der Waals surface area contributed by atoms with Crippen LogP contribution < -0.4 is 0 Å². The summed E-state index contributed by atoms with van der Waals surface area (Å²) in [6.07, 6.45) is 4.02. The summed E-state index contributed by atoms with van der Waals surface area (Å²) in [7, 11) is 0. The number of rotatable bonds is 3. The van der Waals surface area contributed by atoms with Crippen molar-refractivity contribution in [3.63, 3.8) is 0 Å². The maximum absolute atomic E-state index is 6.05. The molecule has 4 nitrogen and oxygen atoms in total. The number of hydrogen-bond donors (Lipinski definition) is 0. The molecule has 112 valence electrons. The highest BCUT2D eigenvalue weighted by Crippen LogP contribution is 2.24. The second-order valence-electron chi connectivity index (χ2n) is 4.91. The number of fused-ring (bicyclic) bond motifs is 1. The van der Waals surface area contributed by atoms with E-state index in [0.717, 1.165) is 21.1 Å². The molecule has 0 aliphatic rings. The predicted molar refractivity (Wildman–Crippen MR) is 94.5 cm³/mol. The van der Waals surface area contributed by atoms with Gasteiger partial charge in [-0.1, -0.05) is 71.5 Å². The van der Waals surface area contributed by atoms with E-state index in [9.17, 15) is 0 Å². The van der Waals surface area contributed by atoms with Crippen LogP contribution in [0.4, 0.5) is 0 Å². The standard InChI is InChI=1S/C17H11ClN4S/c18-14-8-4-7-13(11-14)16-19-20-17-22(16)21-15(23-17)10-9-12-5-2-1-3-6-12/h1-11H. The van der Waals surface area contributed by atoms with Crippen molar-refractivity contribution in [3.8, 4) is 11.4 Å². The van der Waals surface area contributed by atoms with Gasteiger partial charge in [0.15, 0.2) is 5.82 Å². The molecule has 0 radical (unpaired) electrons. The minimum Gasteiger partial charge on any atom is -0.182 e. The monoisotopic (exact) mass is 338 g/mol. The molecule has 0 N–H and O–H groups in total. The molecule has 0 bridgehead atoms. The maximum atomic E-state index is 6.05. The van der Waals surface area contributed by atoms with Gasteiger partial charge in [-0.15, -0.1) is 10.2 Å². The molecule has 23 heavy (non-hydrogen) atoms. The molecule has 0 amide bonds. The van der Waals surface area contributed by atoms with E-state index in [4.69, 9.17) is 11.6 Å². The van der Waals surface area contributed by atoms with Crippen molar-refractivity contribution in [3.05, 3.63) is 70.2 Å². The van der Waals surface area contributed by atoms with Crippen LogP contribution in [0.3, 0.4) is 0 Å². The van der Waals surface area contributed by atoms with Crippen LogP contribution in [0.25, 0.3) is 28.5 Å². The lowest BCUT2D eigenvalue weighted by atomic mass is 10.2. The van der Waals surface area contributed by atoms with Gasteiger partial charge < -0.3 is 0 Å². The van der Waals surface area contributed by atoms with Crippen molar-refractivity contribution in [1.82, 2.24) is 19.8 Å². The molecule has 0 fully saturated rings. The third kappa shape index (κ3) is 2.88. The van der Waals surface area contributed by atoms with Crippen LogP contribution in [0.1, 0.15) is 10.6 Å². The summed E-state index contributed by atoms with van der Waals surface area (Å²) in [4.78, 5) is 0.757. The second kappa shape index (κ2) is 5.95. The Morgan fingerprint density at radius 3 is 2.65 bits per heavy atom. The molecule has 4 rings (SSSR count). The zero-order valence-corrected chi connectivity index (χ0v) is 13.5. The molecule has 4 aromatic rings. The summed E-state index contributed by atoms with van der Waals surface area (Å²) in [5.74, 6) is 0.693. The smallest absolute Gasteiger partial charge is 0.182 e. The van der Waals surface area contributed by atoms with E-state index in [1.54, 1.807) is 4.52 Å².